The predicted octanol–water partition coefficient (Wildman–Crippen LogP) is 0.631. The first-order chi connectivity index (χ1) is 9.22. The first kappa shape index (κ1) is 15.0. The minimum Gasteiger partial charge on any atom is -0.376 e. The van der Waals surface area contributed by atoms with Crippen molar-refractivity contribution in [3.63, 3.8) is 0 Å². The molecule has 0 bridgehead atoms. The molecule has 0 saturated carbocycles. The Labute approximate surface area is 118 Å². The normalized spacial score (nSPS) is 26.4. The SMILES string of the molecule is CC1OCCC1(C)NC(=O)c1cccc(S(N)(=O)=O)c1. The molecule has 1 aliphatic heterocycles. The highest BCUT2D eigenvalue weighted by Crippen LogP contribution is 2.25. The molecule has 2 rings (SSSR count). The lowest BCUT2D eigenvalue weighted by molar-refractivity contribution is 0.0727. The van der Waals surface area contributed by atoms with E-state index >= 15 is 0 Å². The zero-order chi connectivity index (χ0) is 15.0. The molecule has 20 heavy (non-hydrogen) atoms. The Balaban J connectivity index is 2.22. The fraction of sp³-hybridized carbons (Fsp3) is 0.462. The molecule has 1 aromatic rings. The van der Waals surface area contributed by atoms with E-state index in [1.165, 1.54) is 18.2 Å². The van der Waals surface area contributed by atoms with Gasteiger partial charge in [0.25, 0.3) is 5.91 Å². The third-order valence-corrected chi connectivity index (χ3v) is 4.62. The van der Waals surface area contributed by atoms with Crippen LogP contribution < -0.4 is 10.5 Å². The van der Waals surface area contributed by atoms with Gasteiger partial charge in [-0.25, -0.2) is 13.6 Å². The number of carbonyl (C=O) groups is 1. The Kier molecular flexibility index (Phi) is 3.86. The van der Waals surface area contributed by atoms with Crippen LogP contribution in [-0.4, -0.2) is 32.6 Å². The van der Waals surface area contributed by atoms with Gasteiger partial charge in [0.05, 0.1) is 16.5 Å². The molecule has 1 aliphatic rings. The number of sulfonamides is 1. The van der Waals surface area contributed by atoms with E-state index in [-0.39, 0.29) is 22.5 Å². The van der Waals surface area contributed by atoms with Gasteiger partial charge >= 0.3 is 0 Å². The van der Waals surface area contributed by atoms with Gasteiger partial charge < -0.3 is 10.1 Å². The average molecular weight is 298 g/mol. The van der Waals surface area contributed by atoms with Crippen LogP contribution in [0.1, 0.15) is 30.6 Å². The van der Waals surface area contributed by atoms with Crippen LogP contribution in [0.5, 0.6) is 0 Å². The number of hydrogen-bond donors (Lipinski definition) is 2. The summed E-state index contributed by atoms with van der Waals surface area (Å²) in [5, 5.41) is 7.96. The van der Waals surface area contributed by atoms with Gasteiger partial charge in [-0.2, -0.15) is 0 Å². The third-order valence-electron chi connectivity index (χ3n) is 3.71. The molecule has 1 heterocycles. The summed E-state index contributed by atoms with van der Waals surface area (Å²) in [5.41, 5.74) is -0.189. The third kappa shape index (κ3) is 3.00. The van der Waals surface area contributed by atoms with Crippen molar-refractivity contribution in [1.82, 2.24) is 5.32 Å². The topological polar surface area (TPSA) is 98.5 Å². The number of benzene rings is 1. The number of nitrogens with two attached hydrogens (primary N) is 1. The van der Waals surface area contributed by atoms with E-state index < -0.39 is 15.6 Å². The van der Waals surface area contributed by atoms with E-state index in [0.717, 1.165) is 6.42 Å². The van der Waals surface area contributed by atoms with Crippen molar-refractivity contribution in [2.75, 3.05) is 6.61 Å². The maximum Gasteiger partial charge on any atom is 0.251 e. The van der Waals surface area contributed by atoms with Gasteiger partial charge in [-0.05, 0) is 38.5 Å². The van der Waals surface area contributed by atoms with Gasteiger partial charge in [-0.15, -0.1) is 0 Å². The van der Waals surface area contributed by atoms with E-state index in [0.29, 0.717) is 6.61 Å². The second-order valence-electron chi connectivity index (χ2n) is 5.21. The van der Waals surface area contributed by atoms with Crippen LogP contribution in [0.2, 0.25) is 0 Å². The maximum atomic E-state index is 12.2. The van der Waals surface area contributed by atoms with Crippen molar-refractivity contribution >= 4 is 15.9 Å². The van der Waals surface area contributed by atoms with Gasteiger partial charge in [-0.3, -0.25) is 4.79 Å². The van der Waals surface area contributed by atoms with Crippen LogP contribution >= 0.6 is 0 Å². The summed E-state index contributed by atoms with van der Waals surface area (Å²) in [7, 11) is -3.82. The van der Waals surface area contributed by atoms with Gasteiger partial charge in [0.2, 0.25) is 10.0 Å². The Morgan fingerprint density at radius 2 is 2.20 bits per heavy atom. The summed E-state index contributed by atoms with van der Waals surface area (Å²) in [4.78, 5) is 12.2. The monoisotopic (exact) mass is 298 g/mol. The van der Waals surface area contributed by atoms with E-state index in [2.05, 4.69) is 5.32 Å². The lowest BCUT2D eigenvalue weighted by Gasteiger charge is -2.28. The van der Waals surface area contributed by atoms with Crippen LogP contribution in [0, 0.1) is 0 Å². The van der Waals surface area contributed by atoms with Crippen molar-refractivity contribution in [2.24, 2.45) is 5.14 Å². The fourth-order valence-electron chi connectivity index (χ4n) is 2.14. The van der Waals surface area contributed by atoms with Crippen molar-refractivity contribution in [3.8, 4) is 0 Å². The Morgan fingerprint density at radius 3 is 2.75 bits per heavy atom. The molecule has 1 saturated heterocycles. The number of carbonyl (C=O) groups excluding carboxylic acids is 1. The van der Waals surface area contributed by atoms with Crippen molar-refractivity contribution in [1.29, 1.82) is 0 Å². The summed E-state index contributed by atoms with van der Waals surface area (Å²) < 4.78 is 28.0. The molecule has 0 radical (unpaired) electrons. The number of primary sulfonamides is 1. The number of hydrogen-bond acceptors (Lipinski definition) is 4. The average Bonchev–Trinajstić information content (AvgIpc) is 2.68. The second-order valence-corrected chi connectivity index (χ2v) is 6.77. The van der Waals surface area contributed by atoms with Crippen LogP contribution in [-0.2, 0) is 14.8 Å². The lowest BCUT2D eigenvalue weighted by Crippen LogP contribution is -2.50. The van der Waals surface area contributed by atoms with E-state index in [1.807, 2.05) is 13.8 Å². The summed E-state index contributed by atoms with van der Waals surface area (Å²) in [6.07, 6.45) is 0.627. The molecule has 1 fully saturated rings. The van der Waals surface area contributed by atoms with Crippen LogP contribution in [0.3, 0.4) is 0 Å². The second kappa shape index (κ2) is 5.16. The number of rotatable bonds is 3. The molecule has 0 aromatic heterocycles. The quantitative estimate of drug-likeness (QED) is 0.855. The largest absolute Gasteiger partial charge is 0.376 e. The Bertz CT molecular complexity index is 629. The van der Waals surface area contributed by atoms with Crippen molar-refractivity contribution in [2.45, 2.75) is 36.8 Å². The number of ether oxygens (including phenoxy) is 1. The predicted molar refractivity (Wildman–Crippen MR) is 73.7 cm³/mol. The molecule has 1 amide bonds. The molecule has 0 aliphatic carbocycles. The van der Waals surface area contributed by atoms with E-state index in [9.17, 15) is 13.2 Å². The number of nitrogens with one attached hydrogen (secondary N) is 1. The molecule has 2 unspecified atom stereocenters. The summed E-state index contributed by atoms with van der Waals surface area (Å²) in [5.74, 6) is -0.338. The number of amides is 1. The minimum atomic E-state index is -3.82. The zero-order valence-corrected chi connectivity index (χ0v) is 12.2. The maximum absolute atomic E-state index is 12.2. The van der Waals surface area contributed by atoms with Gasteiger partial charge in [0, 0.05) is 12.2 Å². The van der Waals surface area contributed by atoms with E-state index in [1.54, 1.807) is 6.07 Å². The van der Waals surface area contributed by atoms with Crippen LogP contribution in [0.4, 0.5) is 0 Å². The summed E-state index contributed by atoms with van der Waals surface area (Å²) in [6.45, 7) is 4.40. The summed E-state index contributed by atoms with van der Waals surface area (Å²) >= 11 is 0. The van der Waals surface area contributed by atoms with Gasteiger partial charge in [0.15, 0.2) is 0 Å². The summed E-state index contributed by atoms with van der Waals surface area (Å²) in [6, 6.07) is 5.67. The van der Waals surface area contributed by atoms with Crippen molar-refractivity contribution in [3.05, 3.63) is 29.8 Å². The molecule has 1 aromatic carbocycles. The van der Waals surface area contributed by atoms with E-state index in [4.69, 9.17) is 9.88 Å². The highest BCUT2D eigenvalue weighted by atomic mass is 32.2. The molecule has 3 N–H and O–H groups in total. The van der Waals surface area contributed by atoms with Gasteiger partial charge in [-0.1, -0.05) is 6.07 Å². The first-order valence-electron chi connectivity index (χ1n) is 6.29. The van der Waals surface area contributed by atoms with Crippen molar-refractivity contribution < 1.29 is 17.9 Å². The zero-order valence-electron chi connectivity index (χ0n) is 11.4. The molecule has 6 nitrogen and oxygen atoms in total. The van der Waals surface area contributed by atoms with Crippen LogP contribution in [0.25, 0.3) is 0 Å². The molecule has 0 spiro atoms. The lowest BCUT2D eigenvalue weighted by atomic mass is 9.94. The smallest absolute Gasteiger partial charge is 0.251 e. The Morgan fingerprint density at radius 1 is 1.50 bits per heavy atom. The minimum absolute atomic E-state index is 0.0778. The first-order valence-corrected chi connectivity index (χ1v) is 7.84. The molecule has 2 atom stereocenters. The van der Waals surface area contributed by atoms with Gasteiger partial charge in [0.1, 0.15) is 0 Å². The molecule has 110 valence electrons. The molecule has 7 heteroatoms. The highest BCUT2D eigenvalue weighted by molar-refractivity contribution is 7.89. The molecular formula is C13H18N2O4S. The highest BCUT2D eigenvalue weighted by Gasteiger charge is 2.38. The standard InChI is InChI=1S/C13H18N2O4S/c1-9-13(2,6-7-19-9)15-12(16)10-4-3-5-11(8-10)20(14,17)18/h3-5,8-9H,6-7H2,1-2H3,(H,15,16)(H2,14,17,18). The Hall–Kier alpha value is -1.44. The van der Waals surface area contributed by atoms with Crippen LogP contribution in [0.15, 0.2) is 29.2 Å². The molecular weight excluding hydrogens is 280 g/mol. The fourth-order valence-corrected chi connectivity index (χ4v) is 2.70.